The van der Waals surface area contributed by atoms with Gasteiger partial charge in [-0.3, -0.25) is 0 Å². The molecule has 0 aliphatic rings. The smallest absolute Gasteiger partial charge is 0.135 e. The molecular weight excluding hydrogens is 474 g/mol. The molecule has 4 nitrogen and oxygen atoms in total. The minimum absolute atomic E-state index is 0.908. The summed E-state index contributed by atoms with van der Waals surface area (Å²) in [5.74, 6) is 0. The van der Waals surface area contributed by atoms with Gasteiger partial charge in [0.25, 0.3) is 0 Å². The van der Waals surface area contributed by atoms with E-state index in [4.69, 9.17) is 4.42 Å². The van der Waals surface area contributed by atoms with Gasteiger partial charge in [-0.05, 0) is 42.5 Å². The minimum Gasteiger partial charge on any atom is -0.456 e. The molecule has 5 aromatic carbocycles. The molecule has 0 unspecified atom stereocenters. The molecule has 9 aromatic rings. The Hall–Kier alpha value is -4.74. The molecule has 5 heteroatoms. The number of aromatic nitrogens is 3. The van der Waals surface area contributed by atoms with E-state index in [1.807, 2.05) is 29.7 Å². The summed E-state index contributed by atoms with van der Waals surface area (Å²) in [6, 6.07) is 32.5. The number of hydrogen-bond donors (Lipinski definition) is 0. The molecule has 0 saturated heterocycles. The lowest BCUT2D eigenvalue weighted by Crippen LogP contribution is -1.93. The van der Waals surface area contributed by atoms with E-state index < -0.39 is 0 Å². The molecule has 4 heterocycles. The Morgan fingerprint density at radius 2 is 1.51 bits per heavy atom. The van der Waals surface area contributed by atoms with Crippen molar-refractivity contribution in [2.24, 2.45) is 0 Å². The number of benzene rings is 5. The molecule has 9 rings (SSSR count). The number of rotatable bonds is 1. The maximum absolute atomic E-state index is 6.13. The standard InChI is InChI=1S/C32H17N3OS/c1-3-7-27-20(5-1)22-10-11-23-25-13-18-16-33-17-34-26(18)15-30(25)37-32(23)31(22)35(27)19-9-12-29-24(14-19)21-6-2-4-8-28(21)36-29/h1-17H. The summed E-state index contributed by atoms with van der Waals surface area (Å²) in [6.07, 6.45) is 3.51. The normalized spacial score (nSPS) is 12.3. The molecule has 4 aromatic heterocycles. The number of furan rings is 1. The van der Waals surface area contributed by atoms with Crippen LogP contribution in [0.2, 0.25) is 0 Å². The average Bonchev–Trinajstić information content (AvgIpc) is 3.60. The number of para-hydroxylation sites is 2. The van der Waals surface area contributed by atoms with Crippen molar-refractivity contribution in [3.05, 3.63) is 104 Å². The van der Waals surface area contributed by atoms with Crippen molar-refractivity contribution >= 4 is 86.2 Å². The first-order valence-electron chi connectivity index (χ1n) is 12.2. The summed E-state index contributed by atoms with van der Waals surface area (Å²) in [6.45, 7) is 0. The van der Waals surface area contributed by atoms with E-state index in [2.05, 4.69) is 93.4 Å². The number of hydrogen-bond acceptors (Lipinski definition) is 4. The summed E-state index contributed by atoms with van der Waals surface area (Å²) in [4.78, 5) is 8.73. The van der Waals surface area contributed by atoms with Gasteiger partial charge in [-0.2, -0.15) is 0 Å². The van der Waals surface area contributed by atoms with Crippen molar-refractivity contribution in [3.63, 3.8) is 0 Å². The zero-order valence-electron chi connectivity index (χ0n) is 19.5. The predicted octanol–water partition coefficient (Wildman–Crippen LogP) is 8.99. The van der Waals surface area contributed by atoms with Gasteiger partial charge in [0, 0.05) is 54.3 Å². The van der Waals surface area contributed by atoms with Gasteiger partial charge in [0.1, 0.15) is 17.5 Å². The van der Waals surface area contributed by atoms with E-state index in [1.54, 1.807) is 6.33 Å². The fourth-order valence-electron chi connectivity index (χ4n) is 5.88. The highest BCUT2D eigenvalue weighted by Gasteiger charge is 2.19. The van der Waals surface area contributed by atoms with Crippen LogP contribution in [0.1, 0.15) is 0 Å². The Morgan fingerprint density at radius 1 is 0.676 bits per heavy atom. The molecule has 0 atom stereocenters. The van der Waals surface area contributed by atoms with E-state index in [1.165, 1.54) is 42.0 Å². The van der Waals surface area contributed by atoms with Crippen LogP contribution in [0.3, 0.4) is 0 Å². The molecular formula is C32H17N3OS. The van der Waals surface area contributed by atoms with Crippen LogP contribution < -0.4 is 0 Å². The minimum atomic E-state index is 0.908. The Balaban J connectivity index is 1.45. The molecule has 0 radical (unpaired) electrons. The quantitative estimate of drug-likeness (QED) is 0.230. The van der Waals surface area contributed by atoms with E-state index in [0.29, 0.717) is 0 Å². The third-order valence-electron chi connectivity index (χ3n) is 7.52. The predicted molar refractivity (Wildman–Crippen MR) is 154 cm³/mol. The SMILES string of the molecule is c1ccc2c(c1)oc1ccc(-n3c4ccccc4c4ccc5c6cc7cncnc7cc6sc5c43)cc12. The highest BCUT2D eigenvalue weighted by atomic mass is 32.1. The monoisotopic (exact) mass is 491 g/mol. The second-order valence-corrected chi connectivity index (χ2v) is 10.6. The maximum Gasteiger partial charge on any atom is 0.135 e. The lowest BCUT2D eigenvalue weighted by molar-refractivity contribution is 0.669. The molecule has 0 N–H and O–H groups in total. The van der Waals surface area contributed by atoms with Gasteiger partial charge < -0.3 is 8.98 Å². The zero-order chi connectivity index (χ0) is 24.1. The van der Waals surface area contributed by atoms with Crippen molar-refractivity contribution in [1.82, 2.24) is 14.5 Å². The van der Waals surface area contributed by atoms with Gasteiger partial charge in [-0.15, -0.1) is 11.3 Å². The number of fused-ring (bicyclic) bond motifs is 11. The van der Waals surface area contributed by atoms with Crippen LogP contribution in [0.5, 0.6) is 0 Å². The first kappa shape index (κ1) is 19.4. The Labute approximate surface area is 214 Å². The van der Waals surface area contributed by atoms with E-state index in [0.717, 1.165) is 38.5 Å². The molecule has 0 aliphatic carbocycles. The van der Waals surface area contributed by atoms with Crippen molar-refractivity contribution in [2.75, 3.05) is 0 Å². The van der Waals surface area contributed by atoms with Crippen LogP contribution in [-0.4, -0.2) is 14.5 Å². The van der Waals surface area contributed by atoms with E-state index in [-0.39, 0.29) is 0 Å². The second-order valence-electron chi connectivity index (χ2n) is 9.50. The second kappa shape index (κ2) is 6.93. The lowest BCUT2D eigenvalue weighted by atomic mass is 10.1. The van der Waals surface area contributed by atoms with Crippen LogP contribution in [-0.2, 0) is 0 Å². The average molecular weight is 492 g/mol. The van der Waals surface area contributed by atoms with Crippen LogP contribution in [0.4, 0.5) is 0 Å². The Morgan fingerprint density at radius 3 is 2.49 bits per heavy atom. The molecule has 0 fully saturated rings. The third-order valence-corrected chi connectivity index (χ3v) is 8.69. The highest BCUT2D eigenvalue weighted by molar-refractivity contribution is 7.26. The summed E-state index contributed by atoms with van der Waals surface area (Å²) in [5, 5.41) is 8.36. The van der Waals surface area contributed by atoms with Gasteiger partial charge in [0.2, 0.25) is 0 Å². The Bertz CT molecular complexity index is 2370. The van der Waals surface area contributed by atoms with Crippen LogP contribution in [0, 0.1) is 0 Å². The van der Waals surface area contributed by atoms with Gasteiger partial charge in [0.15, 0.2) is 0 Å². The first-order chi connectivity index (χ1) is 18.3. The molecule has 0 saturated carbocycles. The molecule has 0 amide bonds. The summed E-state index contributed by atoms with van der Waals surface area (Å²) in [7, 11) is 0. The summed E-state index contributed by atoms with van der Waals surface area (Å²) >= 11 is 1.84. The summed E-state index contributed by atoms with van der Waals surface area (Å²) in [5.41, 5.74) is 6.37. The largest absolute Gasteiger partial charge is 0.456 e. The van der Waals surface area contributed by atoms with Crippen LogP contribution >= 0.6 is 11.3 Å². The van der Waals surface area contributed by atoms with Crippen LogP contribution in [0.25, 0.3) is 80.5 Å². The maximum atomic E-state index is 6.13. The molecule has 0 aliphatic heterocycles. The highest BCUT2D eigenvalue weighted by Crippen LogP contribution is 2.44. The third kappa shape index (κ3) is 2.56. The van der Waals surface area contributed by atoms with E-state index in [9.17, 15) is 0 Å². The molecule has 0 spiro atoms. The lowest BCUT2D eigenvalue weighted by Gasteiger charge is -2.09. The number of nitrogens with zero attached hydrogens (tertiary/aromatic N) is 3. The van der Waals surface area contributed by atoms with Crippen molar-refractivity contribution in [3.8, 4) is 5.69 Å². The topological polar surface area (TPSA) is 43.9 Å². The first-order valence-corrected chi connectivity index (χ1v) is 13.0. The summed E-state index contributed by atoms with van der Waals surface area (Å²) < 4.78 is 11.1. The number of thiophene rings is 1. The zero-order valence-corrected chi connectivity index (χ0v) is 20.3. The van der Waals surface area contributed by atoms with Crippen molar-refractivity contribution in [2.45, 2.75) is 0 Å². The van der Waals surface area contributed by atoms with Gasteiger partial charge in [-0.1, -0.05) is 48.5 Å². The van der Waals surface area contributed by atoms with Gasteiger partial charge in [-0.25, -0.2) is 9.97 Å². The van der Waals surface area contributed by atoms with Gasteiger partial charge in [0.05, 0.1) is 21.3 Å². The fraction of sp³-hybridized carbons (Fsp3) is 0. The van der Waals surface area contributed by atoms with Crippen LogP contribution in [0.15, 0.2) is 108 Å². The Kier molecular flexibility index (Phi) is 3.64. The molecule has 37 heavy (non-hydrogen) atoms. The molecule has 172 valence electrons. The van der Waals surface area contributed by atoms with Crippen molar-refractivity contribution in [1.29, 1.82) is 0 Å². The van der Waals surface area contributed by atoms with Crippen molar-refractivity contribution < 1.29 is 4.42 Å². The molecule has 0 bridgehead atoms. The van der Waals surface area contributed by atoms with E-state index >= 15 is 0 Å². The van der Waals surface area contributed by atoms with Gasteiger partial charge >= 0.3 is 0 Å². The fourth-order valence-corrected chi connectivity index (χ4v) is 7.13.